The number of nitrogens with zero attached hydrogens (tertiary/aromatic N) is 3. The van der Waals surface area contributed by atoms with Gasteiger partial charge in [0.25, 0.3) is 5.91 Å². The first kappa shape index (κ1) is 19.8. The van der Waals surface area contributed by atoms with E-state index in [9.17, 15) is 9.59 Å². The van der Waals surface area contributed by atoms with Crippen molar-refractivity contribution in [2.24, 2.45) is 15.9 Å². The number of carbonyl (C=O) groups is 2. The molecule has 1 N–H and O–H groups in total. The third-order valence-electron chi connectivity index (χ3n) is 4.80. The molecule has 4 rings (SSSR count). The van der Waals surface area contributed by atoms with Gasteiger partial charge in [0.1, 0.15) is 11.9 Å². The molecule has 0 saturated heterocycles. The van der Waals surface area contributed by atoms with Crippen LogP contribution in [0.4, 0.5) is 5.69 Å². The van der Waals surface area contributed by atoms with Crippen LogP contribution in [-0.2, 0) is 16.1 Å². The second-order valence-electron chi connectivity index (χ2n) is 7.28. The fraction of sp³-hybridized carbons (Fsp3) is 0.333. The molecule has 2 aliphatic heterocycles. The van der Waals surface area contributed by atoms with Gasteiger partial charge in [-0.15, -0.1) is 11.3 Å². The van der Waals surface area contributed by atoms with Crippen LogP contribution in [-0.4, -0.2) is 39.0 Å². The fourth-order valence-corrected chi connectivity index (χ4v) is 4.81. The Balaban J connectivity index is 1.56. The molecule has 0 spiro atoms. The van der Waals surface area contributed by atoms with Crippen LogP contribution in [0.25, 0.3) is 0 Å². The molecule has 2 amide bonds. The highest BCUT2D eigenvalue weighted by atomic mass is 32.2. The van der Waals surface area contributed by atoms with Gasteiger partial charge in [-0.25, -0.2) is 9.89 Å². The summed E-state index contributed by atoms with van der Waals surface area (Å²) in [5.74, 6) is 0.552. The number of amides is 2. The third kappa shape index (κ3) is 3.86. The molecule has 6 nitrogen and oxygen atoms in total. The van der Waals surface area contributed by atoms with Crippen molar-refractivity contribution in [2.45, 2.75) is 38.6 Å². The Morgan fingerprint density at radius 2 is 2.03 bits per heavy atom. The Bertz CT molecular complexity index is 998. The normalized spacial score (nSPS) is 18.8. The van der Waals surface area contributed by atoms with E-state index >= 15 is 0 Å². The Morgan fingerprint density at radius 3 is 2.76 bits per heavy atom. The Kier molecular flexibility index (Phi) is 5.56. The van der Waals surface area contributed by atoms with E-state index in [4.69, 9.17) is 9.98 Å². The number of carbonyl (C=O) groups excluding carboxylic acids is 2. The lowest BCUT2D eigenvalue weighted by atomic mass is 10.1. The molecule has 0 radical (unpaired) electrons. The van der Waals surface area contributed by atoms with E-state index in [0.29, 0.717) is 17.5 Å². The molecule has 0 saturated carbocycles. The van der Waals surface area contributed by atoms with E-state index < -0.39 is 11.3 Å². The van der Waals surface area contributed by atoms with Crippen LogP contribution in [0.3, 0.4) is 0 Å². The molecule has 0 aliphatic carbocycles. The smallest absolute Gasteiger partial charge is 0.259 e. The summed E-state index contributed by atoms with van der Waals surface area (Å²) in [5.41, 5.74) is 1.62. The maximum Gasteiger partial charge on any atom is 0.259 e. The van der Waals surface area contributed by atoms with Gasteiger partial charge in [0, 0.05) is 10.4 Å². The number of nitrogens with one attached hydrogen (secondary N) is 1. The van der Waals surface area contributed by atoms with Gasteiger partial charge in [0.05, 0.1) is 17.5 Å². The van der Waals surface area contributed by atoms with Crippen molar-refractivity contribution >= 4 is 51.6 Å². The predicted octanol–water partition coefficient (Wildman–Crippen LogP) is 3.80. The number of thioether (sulfide) groups is 1. The molecule has 150 valence electrons. The standard InChI is InChI=1S/C21H22N4O2S2/c1-12(2)17-20(27)25-18(24-17)15-8-4-5-9-16(15)23-21(25)29-13(3)19(26)22-11-14-7-6-10-28-14/h4-10,12-13,17H,11H2,1-3H3,(H,22,26)/t13-,17+/m0/s1. The minimum atomic E-state index is -0.426. The minimum absolute atomic E-state index is 0.0815. The third-order valence-corrected chi connectivity index (χ3v) is 6.73. The van der Waals surface area contributed by atoms with Gasteiger partial charge in [-0.3, -0.25) is 14.6 Å². The first-order valence-corrected chi connectivity index (χ1v) is 11.3. The summed E-state index contributed by atoms with van der Waals surface area (Å²) < 4.78 is 0. The molecule has 0 fully saturated rings. The van der Waals surface area contributed by atoms with E-state index in [0.717, 1.165) is 16.1 Å². The van der Waals surface area contributed by atoms with Crippen molar-refractivity contribution in [1.82, 2.24) is 10.2 Å². The highest BCUT2D eigenvalue weighted by Crippen LogP contribution is 2.35. The van der Waals surface area contributed by atoms with Crippen LogP contribution in [0.2, 0.25) is 0 Å². The first-order chi connectivity index (χ1) is 14.0. The van der Waals surface area contributed by atoms with Crippen LogP contribution < -0.4 is 5.32 Å². The van der Waals surface area contributed by atoms with Crippen molar-refractivity contribution in [3.63, 3.8) is 0 Å². The van der Waals surface area contributed by atoms with E-state index in [1.165, 1.54) is 11.8 Å². The lowest BCUT2D eigenvalue weighted by Gasteiger charge is -2.27. The van der Waals surface area contributed by atoms with Crippen LogP contribution >= 0.6 is 23.1 Å². The lowest BCUT2D eigenvalue weighted by Crippen LogP contribution is -2.43. The van der Waals surface area contributed by atoms with Crippen LogP contribution in [0, 0.1) is 5.92 Å². The van der Waals surface area contributed by atoms with Crippen molar-refractivity contribution in [3.05, 3.63) is 52.2 Å². The molecule has 2 aromatic rings. The number of hydrogen-bond donors (Lipinski definition) is 1. The number of thiophene rings is 1. The molecule has 0 unspecified atom stereocenters. The van der Waals surface area contributed by atoms with Crippen molar-refractivity contribution in [3.8, 4) is 0 Å². The van der Waals surface area contributed by atoms with E-state index in [1.807, 2.05) is 62.5 Å². The predicted molar refractivity (Wildman–Crippen MR) is 119 cm³/mol. The summed E-state index contributed by atoms with van der Waals surface area (Å²) in [6.45, 7) is 6.30. The summed E-state index contributed by atoms with van der Waals surface area (Å²) >= 11 is 2.90. The number of rotatable bonds is 5. The van der Waals surface area contributed by atoms with Gasteiger partial charge in [-0.2, -0.15) is 0 Å². The second-order valence-corrected chi connectivity index (χ2v) is 9.62. The number of benzene rings is 1. The quantitative estimate of drug-likeness (QED) is 0.790. The molecule has 0 bridgehead atoms. The average molecular weight is 427 g/mol. The summed E-state index contributed by atoms with van der Waals surface area (Å²) in [6.07, 6.45) is 0. The Labute approximate surface area is 178 Å². The monoisotopic (exact) mass is 426 g/mol. The number of amidine groups is 2. The zero-order chi connectivity index (χ0) is 20.5. The topological polar surface area (TPSA) is 74.1 Å². The molecule has 1 aromatic heterocycles. The highest BCUT2D eigenvalue weighted by molar-refractivity contribution is 8.15. The molecule has 3 heterocycles. The Hall–Kier alpha value is -2.45. The van der Waals surface area contributed by atoms with Gasteiger partial charge >= 0.3 is 0 Å². The first-order valence-electron chi connectivity index (χ1n) is 9.52. The van der Waals surface area contributed by atoms with Crippen LogP contribution in [0.1, 0.15) is 31.2 Å². The van der Waals surface area contributed by atoms with Gasteiger partial charge < -0.3 is 5.32 Å². The van der Waals surface area contributed by atoms with Crippen molar-refractivity contribution in [2.75, 3.05) is 0 Å². The summed E-state index contributed by atoms with van der Waals surface area (Å²) in [6, 6.07) is 11.2. The summed E-state index contributed by atoms with van der Waals surface area (Å²) in [5, 5.41) is 5.05. The Morgan fingerprint density at radius 1 is 1.24 bits per heavy atom. The maximum atomic E-state index is 13.1. The van der Waals surface area contributed by atoms with Gasteiger partial charge in [-0.05, 0) is 36.4 Å². The lowest BCUT2D eigenvalue weighted by molar-refractivity contribution is -0.125. The second kappa shape index (κ2) is 8.12. The van der Waals surface area contributed by atoms with E-state index in [2.05, 4.69) is 5.32 Å². The average Bonchev–Trinajstić information content (AvgIpc) is 3.34. The maximum absolute atomic E-state index is 13.1. The molecular formula is C21H22N4O2S2. The highest BCUT2D eigenvalue weighted by Gasteiger charge is 2.43. The molecule has 8 heteroatoms. The van der Waals surface area contributed by atoms with Crippen molar-refractivity contribution < 1.29 is 9.59 Å². The number of hydrogen-bond acceptors (Lipinski definition) is 6. The summed E-state index contributed by atoms with van der Waals surface area (Å²) in [4.78, 5) is 37.7. The van der Waals surface area contributed by atoms with Crippen LogP contribution in [0.15, 0.2) is 51.8 Å². The van der Waals surface area contributed by atoms with Crippen LogP contribution in [0.5, 0.6) is 0 Å². The van der Waals surface area contributed by atoms with Crippen molar-refractivity contribution in [1.29, 1.82) is 0 Å². The van der Waals surface area contributed by atoms with Gasteiger partial charge in [0.2, 0.25) is 5.91 Å². The minimum Gasteiger partial charge on any atom is -0.350 e. The molecule has 2 aliphatic rings. The fourth-order valence-electron chi connectivity index (χ4n) is 3.23. The molecule has 1 aromatic carbocycles. The van der Waals surface area contributed by atoms with Gasteiger partial charge in [-0.1, -0.05) is 43.8 Å². The SMILES string of the molecule is CC(C)[C@H]1N=C2c3ccccc3N=C(S[C@@H](C)C(=O)NCc3cccs3)N2C1=O. The number of aliphatic imine (C=N–C) groups is 2. The number of fused-ring (bicyclic) bond motifs is 3. The van der Waals surface area contributed by atoms with E-state index in [1.54, 1.807) is 16.2 Å². The molecule has 2 atom stereocenters. The molecule has 29 heavy (non-hydrogen) atoms. The van der Waals surface area contributed by atoms with E-state index in [-0.39, 0.29) is 17.7 Å². The molecular weight excluding hydrogens is 404 g/mol. The van der Waals surface area contributed by atoms with Gasteiger partial charge in [0.15, 0.2) is 5.17 Å². The summed E-state index contributed by atoms with van der Waals surface area (Å²) in [7, 11) is 0. The largest absolute Gasteiger partial charge is 0.350 e. The number of para-hydroxylation sites is 1. The zero-order valence-corrected chi connectivity index (χ0v) is 18.1. The zero-order valence-electron chi connectivity index (χ0n) is 16.5.